The first-order valence-corrected chi connectivity index (χ1v) is 7.98. The van der Waals surface area contributed by atoms with Gasteiger partial charge in [0.25, 0.3) is 0 Å². The molecule has 2 aliphatic carbocycles. The molecule has 0 radical (unpaired) electrons. The molecular weight excluding hydrogens is 218 g/mol. The van der Waals surface area contributed by atoms with Crippen molar-refractivity contribution in [2.45, 2.75) is 64.3 Å². The summed E-state index contributed by atoms with van der Waals surface area (Å²) in [5.41, 5.74) is 2.22. The number of likely N-dealkylation sites (tertiary alicyclic amines) is 1. The van der Waals surface area contributed by atoms with E-state index in [4.69, 9.17) is 0 Å². The molecule has 1 aliphatic heterocycles. The lowest BCUT2D eigenvalue weighted by Gasteiger charge is -2.56. The van der Waals surface area contributed by atoms with Gasteiger partial charge in [-0.2, -0.15) is 0 Å². The van der Waals surface area contributed by atoms with E-state index in [9.17, 15) is 0 Å². The molecule has 0 N–H and O–H groups in total. The predicted octanol–water partition coefficient (Wildman–Crippen LogP) is 4.24. The lowest BCUT2D eigenvalue weighted by Crippen LogP contribution is -2.55. The first-order valence-electron chi connectivity index (χ1n) is 7.98. The number of rotatable bonds is 0. The van der Waals surface area contributed by atoms with Gasteiger partial charge >= 0.3 is 0 Å². The Morgan fingerprint density at radius 3 is 2.61 bits per heavy atom. The van der Waals surface area contributed by atoms with Crippen molar-refractivity contribution >= 4 is 0 Å². The molecule has 1 spiro atoms. The molecule has 1 nitrogen and oxygen atoms in total. The van der Waals surface area contributed by atoms with Crippen molar-refractivity contribution in [3.63, 3.8) is 0 Å². The molecular formula is C17H29N. The normalized spacial score (nSPS) is 46.1. The van der Waals surface area contributed by atoms with Crippen LogP contribution in [-0.4, -0.2) is 24.5 Å². The summed E-state index contributed by atoms with van der Waals surface area (Å²) in [5.74, 6) is 1.95. The second-order valence-corrected chi connectivity index (χ2v) is 7.44. The van der Waals surface area contributed by atoms with Crippen LogP contribution in [0.25, 0.3) is 0 Å². The van der Waals surface area contributed by atoms with Gasteiger partial charge in [-0.25, -0.2) is 0 Å². The molecule has 2 atom stereocenters. The molecule has 3 rings (SSSR count). The first-order chi connectivity index (χ1) is 8.61. The SMILES string of the molecule is C=C1CCC2C(C1)N(C)CCC21CCC(C)CC1. The van der Waals surface area contributed by atoms with E-state index < -0.39 is 0 Å². The fraction of sp³-hybridized carbons (Fsp3) is 0.882. The second kappa shape index (κ2) is 4.67. The minimum absolute atomic E-state index is 0.713. The van der Waals surface area contributed by atoms with E-state index >= 15 is 0 Å². The van der Waals surface area contributed by atoms with Crippen molar-refractivity contribution in [2.24, 2.45) is 17.3 Å². The highest BCUT2D eigenvalue weighted by Crippen LogP contribution is 2.55. The highest BCUT2D eigenvalue weighted by molar-refractivity contribution is 5.10. The molecule has 2 unspecified atom stereocenters. The summed E-state index contributed by atoms with van der Waals surface area (Å²) < 4.78 is 0. The molecule has 1 saturated heterocycles. The van der Waals surface area contributed by atoms with E-state index in [2.05, 4.69) is 25.5 Å². The third-order valence-corrected chi connectivity index (χ3v) is 6.36. The molecule has 0 aromatic carbocycles. The van der Waals surface area contributed by atoms with Crippen LogP contribution in [0.2, 0.25) is 0 Å². The van der Waals surface area contributed by atoms with Crippen LogP contribution in [0.15, 0.2) is 12.2 Å². The standard InChI is InChI=1S/C17H29N/c1-13-6-8-17(9-7-13)10-11-18(3)16-12-14(2)4-5-15(16)17/h13,15-16H,2,4-12H2,1,3H3. The van der Waals surface area contributed by atoms with Crippen LogP contribution >= 0.6 is 0 Å². The second-order valence-electron chi connectivity index (χ2n) is 7.44. The average Bonchev–Trinajstić information content (AvgIpc) is 2.37. The Kier molecular flexibility index (Phi) is 3.30. The molecule has 0 aromatic heterocycles. The quantitative estimate of drug-likeness (QED) is 0.579. The molecule has 2 saturated carbocycles. The summed E-state index contributed by atoms with van der Waals surface area (Å²) in [6, 6.07) is 0.813. The van der Waals surface area contributed by atoms with Gasteiger partial charge in [-0.15, -0.1) is 0 Å². The van der Waals surface area contributed by atoms with E-state index in [-0.39, 0.29) is 0 Å². The van der Waals surface area contributed by atoms with Gasteiger partial charge in [-0.1, -0.05) is 31.9 Å². The van der Waals surface area contributed by atoms with Crippen molar-refractivity contribution in [1.82, 2.24) is 4.90 Å². The Balaban J connectivity index is 1.81. The average molecular weight is 247 g/mol. The molecule has 0 bridgehead atoms. The summed E-state index contributed by atoms with van der Waals surface area (Å²) in [7, 11) is 2.34. The van der Waals surface area contributed by atoms with Gasteiger partial charge < -0.3 is 4.90 Å². The Morgan fingerprint density at radius 1 is 1.17 bits per heavy atom. The number of hydrogen-bond acceptors (Lipinski definition) is 1. The van der Waals surface area contributed by atoms with Crippen LogP contribution in [0.1, 0.15) is 58.3 Å². The highest BCUT2D eigenvalue weighted by Gasteiger charge is 2.49. The number of nitrogens with zero attached hydrogens (tertiary/aromatic N) is 1. The van der Waals surface area contributed by atoms with Crippen LogP contribution in [0, 0.1) is 17.3 Å². The summed E-state index contributed by atoms with van der Waals surface area (Å²) in [4.78, 5) is 2.64. The van der Waals surface area contributed by atoms with Gasteiger partial charge in [0.05, 0.1) is 0 Å². The third-order valence-electron chi connectivity index (χ3n) is 6.36. The summed E-state index contributed by atoms with van der Waals surface area (Å²) in [5, 5.41) is 0. The number of fused-ring (bicyclic) bond motifs is 2. The number of hydrogen-bond donors (Lipinski definition) is 0. The van der Waals surface area contributed by atoms with E-state index in [1.165, 1.54) is 63.5 Å². The predicted molar refractivity (Wildman–Crippen MR) is 77.6 cm³/mol. The maximum Gasteiger partial charge on any atom is 0.0163 e. The monoisotopic (exact) mass is 247 g/mol. The van der Waals surface area contributed by atoms with Crippen molar-refractivity contribution in [2.75, 3.05) is 13.6 Å². The number of piperidine rings is 1. The first kappa shape index (κ1) is 12.7. The van der Waals surface area contributed by atoms with Crippen molar-refractivity contribution in [3.05, 3.63) is 12.2 Å². The van der Waals surface area contributed by atoms with Gasteiger partial charge in [-0.05, 0) is 69.4 Å². The largest absolute Gasteiger partial charge is 0.303 e. The fourth-order valence-electron chi connectivity index (χ4n) is 4.98. The van der Waals surface area contributed by atoms with Crippen molar-refractivity contribution < 1.29 is 0 Å². The minimum Gasteiger partial charge on any atom is -0.303 e. The summed E-state index contributed by atoms with van der Waals surface area (Å²) in [6.07, 6.45) is 11.4. The molecule has 1 heteroatoms. The van der Waals surface area contributed by atoms with Crippen LogP contribution < -0.4 is 0 Å². The van der Waals surface area contributed by atoms with Crippen LogP contribution in [0.5, 0.6) is 0 Å². The lowest BCUT2D eigenvalue weighted by molar-refractivity contribution is -0.0500. The lowest BCUT2D eigenvalue weighted by atomic mass is 9.55. The zero-order chi connectivity index (χ0) is 12.8. The fourth-order valence-corrected chi connectivity index (χ4v) is 4.98. The van der Waals surface area contributed by atoms with Crippen molar-refractivity contribution in [3.8, 4) is 0 Å². The molecule has 0 aromatic rings. The smallest absolute Gasteiger partial charge is 0.0163 e. The molecule has 0 amide bonds. The maximum atomic E-state index is 4.26. The maximum absolute atomic E-state index is 4.26. The van der Waals surface area contributed by atoms with E-state index in [1.807, 2.05) is 0 Å². The zero-order valence-corrected chi connectivity index (χ0v) is 12.3. The Hall–Kier alpha value is -0.300. The van der Waals surface area contributed by atoms with E-state index in [1.54, 1.807) is 0 Å². The molecule has 102 valence electrons. The Labute approximate surface area is 113 Å². The van der Waals surface area contributed by atoms with Crippen LogP contribution in [0.3, 0.4) is 0 Å². The summed E-state index contributed by atoms with van der Waals surface area (Å²) in [6.45, 7) is 8.03. The zero-order valence-electron chi connectivity index (χ0n) is 12.3. The van der Waals surface area contributed by atoms with Crippen LogP contribution in [0.4, 0.5) is 0 Å². The molecule has 1 heterocycles. The van der Waals surface area contributed by atoms with E-state index in [0.717, 1.165) is 17.9 Å². The Bertz CT molecular complexity index is 319. The molecule has 3 aliphatic rings. The topological polar surface area (TPSA) is 3.24 Å². The molecule has 3 fully saturated rings. The third kappa shape index (κ3) is 2.05. The van der Waals surface area contributed by atoms with Gasteiger partial charge in [0, 0.05) is 6.04 Å². The van der Waals surface area contributed by atoms with Gasteiger partial charge in [-0.3, -0.25) is 0 Å². The van der Waals surface area contributed by atoms with Gasteiger partial charge in [0.1, 0.15) is 0 Å². The highest BCUT2D eigenvalue weighted by atomic mass is 15.1. The van der Waals surface area contributed by atoms with Gasteiger partial charge in [0.15, 0.2) is 0 Å². The van der Waals surface area contributed by atoms with Gasteiger partial charge in [0.2, 0.25) is 0 Å². The summed E-state index contributed by atoms with van der Waals surface area (Å²) >= 11 is 0. The van der Waals surface area contributed by atoms with Crippen molar-refractivity contribution in [1.29, 1.82) is 0 Å². The van der Waals surface area contributed by atoms with E-state index in [0.29, 0.717) is 5.41 Å². The minimum atomic E-state index is 0.713. The Morgan fingerprint density at radius 2 is 1.89 bits per heavy atom. The van der Waals surface area contributed by atoms with Crippen LogP contribution in [-0.2, 0) is 0 Å². The molecule has 18 heavy (non-hydrogen) atoms.